The van der Waals surface area contributed by atoms with Gasteiger partial charge in [-0.2, -0.15) is 0 Å². The van der Waals surface area contributed by atoms with E-state index in [0.717, 1.165) is 38.6 Å². The highest BCUT2D eigenvalue weighted by molar-refractivity contribution is 7.89. The summed E-state index contributed by atoms with van der Waals surface area (Å²) in [6, 6.07) is -0.0838. The van der Waals surface area contributed by atoms with E-state index in [4.69, 9.17) is 0 Å². The number of anilines is 1. The van der Waals surface area contributed by atoms with Crippen molar-refractivity contribution in [3.05, 3.63) is 12.4 Å². The molecule has 0 fully saturated rings. The maximum atomic E-state index is 12.2. The molecule has 1 unspecified atom stereocenters. The summed E-state index contributed by atoms with van der Waals surface area (Å²) >= 11 is 0. The van der Waals surface area contributed by atoms with Crippen LogP contribution in [0.3, 0.4) is 0 Å². The van der Waals surface area contributed by atoms with Crippen LogP contribution < -0.4 is 10.0 Å². The van der Waals surface area contributed by atoms with Crippen LogP contribution in [-0.4, -0.2) is 31.0 Å². The van der Waals surface area contributed by atoms with E-state index in [2.05, 4.69) is 26.9 Å². The number of nitrogens with one attached hydrogen (secondary N) is 2. The average Bonchev–Trinajstić information content (AvgIpc) is 2.45. The number of nitrogens with zero attached hydrogens (tertiary/aromatic N) is 2. The molecule has 0 aliphatic heterocycles. The lowest BCUT2D eigenvalue weighted by molar-refractivity contribution is 0.527. The molecule has 21 heavy (non-hydrogen) atoms. The molecule has 0 saturated carbocycles. The topological polar surface area (TPSA) is 84.0 Å². The number of hydrogen-bond acceptors (Lipinski definition) is 5. The minimum Gasteiger partial charge on any atom is -0.354 e. The quantitative estimate of drug-likeness (QED) is 0.648. The standard InChI is InChI=1S/C14H26N4O2S/c1-4-6-7-8-12(3)18-21(19,20)13-10-16-14(17-11-13)15-9-5-2/h10-12,18H,4-9H2,1-3H3,(H,15,16,17). The summed E-state index contributed by atoms with van der Waals surface area (Å²) in [7, 11) is -3.54. The van der Waals surface area contributed by atoms with Gasteiger partial charge in [-0.1, -0.05) is 33.1 Å². The summed E-state index contributed by atoms with van der Waals surface area (Å²) in [6.07, 6.45) is 7.74. The van der Waals surface area contributed by atoms with Gasteiger partial charge in [0, 0.05) is 12.6 Å². The van der Waals surface area contributed by atoms with Crippen molar-refractivity contribution in [1.29, 1.82) is 0 Å². The van der Waals surface area contributed by atoms with E-state index in [1.165, 1.54) is 12.4 Å². The fraction of sp³-hybridized carbons (Fsp3) is 0.714. The van der Waals surface area contributed by atoms with Crippen LogP contribution in [0.15, 0.2) is 17.3 Å². The zero-order valence-electron chi connectivity index (χ0n) is 13.1. The first-order valence-electron chi connectivity index (χ1n) is 7.57. The van der Waals surface area contributed by atoms with Crippen LogP contribution in [0.4, 0.5) is 5.95 Å². The van der Waals surface area contributed by atoms with Crippen molar-refractivity contribution in [2.75, 3.05) is 11.9 Å². The lowest BCUT2D eigenvalue weighted by Gasteiger charge is -2.13. The number of hydrogen-bond donors (Lipinski definition) is 2. The van der Waals surface area contributed by atoms with Gasteiger partial charge in [0.25, 0.3) is 0 Å². The van der Waals surface area contributed by atoms with Crippen molar-refractivity contribution in [3.63, 3.8) is 0 Å². The molecule has 2 N–H and O–H groups in total. The second-order valence-electron chi connectivity index (χ2n) is 5.19. The Morgan fingerprint density at radius 1 is 1.14 bits per heavy atom. The molecular formula is C14H26N4O2S. The maximum Gasteiger partial charge on any atom is 0.243 e. The molecule has 1 rings (SSSR count). The van der Waals surface area contributed by atoms with Gasteiger partial charge in [0.2, 0.25) is 16.0 Å². The Balaban J connectivity index is 2.61. The molecule has 0 saturated heterocycles. The molecule has 0 amide bonds. The molecule has 6 nitrogen and oxygen atoms in total. The summed E-state index contributed by atoms with van der Waals surface area (Å²) in [5.41, 5.74) is 0. The van der Waals surface area contributed by atoms with E-state index >= 15 is 0 Å². The Kier molecular flexibility index (Phi) is 7.60. The highest BCUT2D eigenvalue weighted by Crippen LogP contribution is 2.10. The van der Waals surface area contributed by atoms with Gasteiger partial charge in [0.05, 0.1) is 12.4 Å². The molecule has 0 aliphatic carbocycles. The van der Waals surface area contributed by atoms with Crippen molar-refractivity contribution in [1.82, 2.24) is 14.7 Å². The van der Waals surface area contributed by atoms with E-state index in [0.29, 0.717) is 5.95 Å². The molecule has 120 valence electrons. The fourth-order valence-electron chi connectivity index (χ4n) is 1.88. The Morgan fingerprint density at radius 3 is 2.38 bits per heavy atom. The van der Waals surface area contributed by atoms with Gasteiger partial charge in [0.1, 0.15) is 4.90 Å². The van der Waals surface area contributed by atoms with Crippen molar-refractivity contribution >= 4 is 16.0 Å². The van der Waals surface area contributed by atoms with Crippen LogP contribution in [0.25, 0.3) is 0 Å². The Hall–Kier alpha value is -1.21. The van der Waals surface area contributed by atoms with Crippen LogP contribution in [0.5, 0.6) is 0 Å². The zero-order chi connectivity index (χ0) is 15.7. The van der Waals surface area contributed by atoms with E-state index < -0.39 is 10.0 Å². The number of sulfonamides is 1. The first-order valence-corrected chi connectivity index (χ1v) is 9.06. The molecule has 1 atom stereocenters. The van der Waals surface area contributed by atoms with Gasteiger partial charge in [0.15, 0.2) is 0 Å². The van der Waals surface area contributed by atoms with E-state index in [1.807, 2.05) is 13.8 Å². The molecule has 0 bridgehead atoms. The molecule has 1 heterocycles. The van der Waals surface area contributed by atoms with E-state index in [-0.39, 0.29) is 10.9 Å². The van der Waals surface area contributed by atoms with Gasteiger partial charge in [-0.25, -0.2) is 23.1 Å². The van der Waals surface area contributed by atoms with Crippen LogP contribution in [0.2, 0.25) is 0 Å². The fourth-order valence-corrected chi connectivity index (χ4v) is 3.04. The highest BCUT2D eigenvalue weighted by atomic mass is 32.2. The third-order valence-corrected chi connectivity index (χ3v) is 4.61. The van der Waals surface area contributed by atoms with Crippen LogP contribution in [0.1, 0.15) is 52.9 Å². The average molecular weight is 314 g/mol. The smallest absolute Gasteiger partial charge is 0.243 e. The lowest BCUT2D eigenvalue weighted by Crippen LogP contribution is -2.32. The predicted octanol–water partition coefficient (Wildman–Crippen LogP) is 2.55. The van der Waals surface area contributed by atoms with E-state index in [1.54, 1.807) is 0 Å². The monoisotopic (exact) mass is 314 g/mol. The van der Waals surface area contributed by atoms with Gasteiger partial charge >= 0.3 is 0 Å². The Labute approximate surface area is 127 Å². The SMILES string of the molecule is CCCCCC(C)NS(=O)(=O)c1cnc(NCCC)nc1. The molecule has 0 radical (unpaired) electrons. The van der Waals surface area contributed by atoms with Crippen molar-refractivity contribution in [3.8, 4) is 0 Å². The largest absolute Gasteiger partial charge is 0.354 e. The second-order valence-corrected chi connectivity index (χ2v) is 6.90. The van der Waals surface area contributed by atoms with Crippen LogP contribution in [-0.2, 0) is 10.0 Å². The number of unbranched alkanes of at least 4 members (excludes halogenated alkanes) is 2. The first-order chi connectivity index (χ1) is 9.99. The molecule has 0 aliphatic rings. The lowest BCUT2D eigenvalue weighted by atomic mass is 10.1. The van der Waals surface area contributed by atoms with E-state index in [9.17, 15) is 8.42 Å². The van der Waals surface area contributed by atoms with Crippen LogP contribution in [0, 0.1) is 0 Å². The molecule has 1 aromatic heterocycles. The summed E-state index contributed by atoms with van der Waals surface area (Å²) in [5.74, 6) is 0.451. The molecule has 1 aromatic rings. The van der Waals surface area contributed by atoms with Gasteiger partial charge < -0.3 is 5.32 Å². The molecule has 0 aromatic carbocycles. The summed E-state index contributed by atoms with van der Waals surface area (Å²) in [6.45, 7) is 6.81. The maximum absolute atomic E-state index is 12.2. The highest BCUT2D eigenvalue weighted by Gasteiger charge is 2.18. The van der Waals surface area contributed by atoms with Crippen molar-refractivity contribution in [2.45, 2.75) is 63.8 Å². The molecular weight excluding hydrogens is 288 g/mol. The number of rotatable bonds is 10. The summed E-state index contributed by atoms with van der Waals surface area (Å²) in [5, 5.41) is 3.01. The predicted molar refractivity (Wildman–Crippen MR) is 84.7 cm³/mol. The Morgan fingerprint density at radius 2 is 1.81 bits per heavy atom. The van der Waals surface area contributed by atoms with Gasteiger partial charge in [-0.05, 0) is 19.8 Å². The summed E-state index contributed by atoms with van der Waals surface area (Å²) in [4.78, 5) is 8.15. The zero-order valence-corrected chi connectivity index (χ0v) is 13.9. The number of aromatic nitrogens is 2. The van der Waals surface area contributed by atoms with Crippen molar-refractivity contribution in [2.24, 2.45) is 0 Å². The van der Waals surface area contributed by atoms with Crippen molar-refractivity contribution < 1.29 is 8.42 Å². The molecule has 7 heteroatoms. The first kappa shape index (κ1) is 17.8. The third-order valence-electron chi connectivity index (χ3n) is 3.07. The minimum atomic E-state index is -3.54. The van der Waals surface area contributed by atoms with Crippen LogP contribution >= 0.6 is 0 Å². The second kappa shape index (κ2) is 8.94. The minimum absolute atomic E-state index is 0.0838. The normalized spacial score (nSPS) is 13.1. The molecule has 0 spiro atoms. The van der Waals surface area contributed by atoms with Gasteiger partial charge in [-0.3, -0.25) is 0 Å². The summed E-state index contributed by atoms with van der Waals surface area (Å²) < 4.78 is 27.0. The van der Waals surface area contributed by atoms with Gasteiger partial charge in [-0.15, -0.1) is 0 Å². The third kappa shape index (κ3) is 6.39. The Bertz CT molecular complexity index is 502.